The van der Waals surface area contributed by atoms with Gasteiger partial charge in [0.1, 0.15) is 11.5 Å². The van der Waals surface area contributed by atoms with E-state index in [2.05, 4.69) is 31.9 Å². The zero-order valence-electron chi connectivity index (χ0n) is 12.6. The van der Waals surface area contributed by atoms with Crippen molar-refractivity contribution in [2.75, 3.05) is 24.3 Å². The number of hydrogen-bond donors (Lipinski definition) is 2. The zero-order valence-corrected chi connectivity index (χ0v) is 12.6. The van der Waals surface area contributed by atoms with E-state index in [9.17, 15) is 9.59 Å². The van der Waals surface area contributed by atoms with E-state index in [-0.39, 0.29) is 5.69 Å². The van der Waals surface area contributed by atoms with Crippen LogP contribution >= 0.6 is 0 Å². The van der Waals surface area contributed by atoms with E-state index in [0.29, 0.717) is 23.6 Å². The van der Waals surface area contributed by atoms with Gasteiger partial charge in [0, 0.05) is 12.2 Å². The van der Waals surface area contributed by atoms with Crippen molar-refractivity contribution in [3.8, 4) is 0 Å². The van der Waals surface area contributed by atoms with Gasteiger partial charge < -0.3 is 15.4 Å². The van der Waals surface area contributed by atoms with Crippen molar-refractivity contribution >= 4 is 23.4 Å². The van der Waals surface area contributed by atoms with Crippen LogP contribution in [-0.4, -0.2) is 35.5 Å². The zero-order chi connectivity index (χ0) is 16.7. The lowest BCUT2D eigenvalue weighted by atomic mass is 10.2. The molecular formula is C16H16N4O3. The van der Waals surface area contributed by atoms with Crippen LogP contribution in [0.25, 0.3) is 0 Å². The summed E-state index contributed by atoms with van der Waals surface area (Å²) in [6, 6.07) is 6.44. The first kappa shape index (κ1) is 16.2. The number of amides is 1. The van der Waals surface area contributed by atoms with Crippen LogP contribution in [0.3, 0.4) is 0 Å². The summed E-state index contributed by atoms with van der Waals surface area (Å²) in [5.41, 5.74) is 0.978. The number of carbonyl (C=O) groups excluding carboxylic acids is 2. The number of benzene rings is 1. The predicted molar refractivity (Wildman–Crippen MR) is 86.5 cm³/mol. The summed E-state index contributed by atoms with van der Waals surface area (Å²) in [5.74, 6) is -0.345. The van der Waals surface area contributed by atoms with E-state index < -0.39 is 11.9 Å². The van der Waals surface area contributed by atoms with Gasteiger partial charge in [-0.25, -0.2) is 14.8 Å². The van der Waals surface area contributed by atoms with Crippen LogP contribution in [0, 0.1) is 0 Å². The molecule has 0 unspecified atom stereocenters. The third-order valence-corrected chi connectivity index (χ3v) is 2.85. The minimum Gasteiger partial charge on any atom is -0.465 e. The van der Waals surface area contributed by atoms with Crippen LogP contribution < -0.4 is 10.6 Å². The average Bonchev–Trinajstić information content (AvgIpc) is 2.59. The van der Waals surface area contributed by atoms with Crippen molar-refractivity contribution in [2.24, 2.45) is 0 Å². The highest BCUT2D eigenvalue weighted by molar-refractivity contribution is 6.03. The molecule has 2 rings (SSSR count). The first-order valence-corrected chi connectivity index (χ1v) is 6.80. The van der Waals surface area contributed by atoms with E-state index in [1.807, 2.05) is 0 Å². The number of carbonyl (C=O) groups is 2. The lowest BCUT2D eigenvalue weighted by Crippen LogP contribution is -2.15. The molecule has 1 aromatic carbocycles. The second kappa shape index (κ2) is 7.69. The Balaban J connectivity index is 2.06. The summed E-state index contributed by atoms with van der Waals surface area (Å²) in [4.78, 5) is 31.7. The maximum atomic E-state index is 12.1. The standard InChI is InChI=1S/C16H16N4O3/c1-3-7-17-14-10-18-13(9-19-14)15(21)20-12-6-4-5-11(8-12)16(22)23-2/h3-6,8-10H,1,7H2,2H3,(H,17,19)(H,20,21). The van der Waals surface area contributed by atoms with E-state index in [4.69, 9.17) is 0 Å². The molecule has 7 nitrogen and oxygen atoms in total. The molecule has 1 heterocycles. The SMILES string of the molecule is C=CCNc1cnc(C(=O)Nc2cccc(C(=O)OC)c2)cn1. The molecule has 0 radical (unpaired) electrons. The highest BCUT2D eigenvalue weighted by Crippen LogP contribution is 2.13. The summed E-state index contributed by atoms with van der Waals surface area (Å²) < 4.78 is 4.64. The van der Waals surface area contributed by atoms with Gasteiger partial charge in [-0.15, -0.1) is 6.58 Å². The van der Waals surface area contributed by atoms with Crippen LogP contribution in [0.5, 0.6) is 0 Å². The minimum absolute atomic E-state index is 0.164. The monoisotopic (exact) mass is 312 g/mol. The maximum absolute atomic E-state index is 12.1. The van der Waals surface area contributed by atoms with E-state index in [1.54, 1.807) is 24.3 Å². The number of rotatable bonds is 6. The van der Waals surface area contributed by atoms with Gasteiger partial charge in [0.2, 0.25) is 0 Å². The van der Waals surface area contributed by atoms with Gasteiger partial charge in [0.15, 0.2) is 0 Å². The number of anilines is 2. The number of aromatic nitrogens is 2. The van der Waals surface area contributed by atoms with Crippen LogP contribution in [0.4, 0.5) is 11.5 Å². The Morgan fingerprint density at radius 2 is 2.13 bits per heavy atom. The molecule has 2 N–H and O–H groups in total. The van der Waals surface area contributed by atoms with Crippen molar-refractivity contribution in [3.05, 3.63) is 60.6 Å². The second-order valence-electron chi connectivity index (χ2n) is 4.48. The average molecular weight is 312 g/mol. The lowest BCUT2D eigenvalue weighted by molar-refractivity contribution is 0.0600. The first-order valence-electron chi connectivity index (χ1n) is 6.80. The van der Waals surface area contributed by atoms with E-state index >= 15 is 0 Å². The molecule has 0 saturated heterocycles. The van der Waals surface area contributed by atoms with Crippen molar-refractivity contribution in [1.29, 1.82) is 0 Å². The van der Waals surface area contributed by atoms with Gasteiger partial charge in [0.25, 0.3) is 5.91 Å². The molecule has 0 bridgehead atoms. The minimum atomic E-state index is -0.474. The quantitative estimate of drug-likeness (QED) is 0.627. The largest absolute Gasteiger partial charge is 0.465 e. The van der Waals surface area contributed by atoms with Crippen molar-refractivity contribution < 1.29 is 14.3 Å². The van der Waals surface area contributed by atoms with Crippen molar-refractivity contribution in [3.63, 3.8) is 0 Å². The number of nitrogens with one attached hydrogen (secondary N) is 2. The molecule has 1 aromatic heterocycles. The topological polar surface area (TPSA) is 93.2 Å². The molecule has 0 aliphatic carbocycles. The van der Waals surface area contributed by atoms with Gasteiger partial charge in [-0.05, 0) is 18.2 Å². The smallest absolute Gasteiger partial charge is 0.337 e. The van der Waals surface area contributed by atoms with Crippen LogP contribution in [0.15, 0.2) is 49.3 Å². The Morgan fingerprint density at radius 1 is 1.30 bits per heavy atom. The molecule has 2 aromatic rings. The Bertz CT molecular complexity index is 714. The Labute approximate surface area is 133 Å². The van der Waals surface area contributed by atoms with Gasteiger partial charge >= 0.3 is 5.97 Å². The molecule has 7 heteroatoms. The molecule has 0 spiro atoms. The summed E-state index contributed by atoms with van der Waals surface area (Å²) in [6.45, 7) is 4.14. The molecular weight excluding hydrogens is 296 g/mol. The summed E-state index contributed by atoms with van der Waals surface area (Å²) >= 11 is 0. The van der Waals surface area contributed by atoms with Gasteiger partial charge in [-0.3, -0.25) is 4.79 Å². The summed E-state index contributed by atoms with van der Waals surface area (Å²) in [7, 11) is 1.30. The van der Waals surface area contributed by atoms with Crippen LogP contribution in [0.2, 0.25) is 0 Å². The molecule has 118 valence electrons. The third kappa shape index (κ3) is 4.37. The number of esters is 1. The fourth-order valence-electron chi connectivity index (χ4n) is 1.75. The Morgan fingerprint density at radius 3 is 2.78 bits per heavy atom. The normalized spacial score (nSPS) is 9.78. The highest BCUT2D eigenvalue weighted by Gasteiger charge is 2.10. The van der Waals surface area contributed by atoms with Gasteiger partial charge in [0.05, 0.1) is 25.1 Å². The second-order valence-corrected chi connectivity index (χ2v) is 4.48. The highest BCUT2D eigenvalue weighted by atomic mass is 16.5. The van der Waals surface area contributed by atoms with E-state index in [1.165, 1.54) is 25.6 Å². The number of hydrogen-bond acceptors (Lipinski definition) is 6. The molecule has 0 aliphatic rings. The summed E-state index contributed by atoms with van der Waals surface area (Å²) in [5, 5.41) is 5.62. The summed E-state index contributed by atoms with van der Waals surface area (Å²) in [6.07, 6.45) is 4.52. The number of ether oxygens (including phenoxy) is 1. The van der Waals surface area contributed by atoms with Crippen LogP contribution in [0.1, 0.15) is 20.8 Å². The molecule has 1 amide bonds. The molecule has 23 heavy (non-hydrogen) atoms. The van der Waals surface area contributed by atoms with Gasteiger partial charge in [-0.2, -0.15) is 0 Å². The van der Waals surface area contributed by atoms with Crippen molar-refractivity contribution in [1.82, 2.24) is 9.97 Å². The molecule has 0 aliphatic heterocycles. The first-order chi connectivity index (χ1) is 11.1. The van der Waals surface area contributed by atoms with Crippen LogP contribution in [-0.2, 0) is 4.74 Å². The molecule has 0 atom stereocenters. The van der Waals surface area contributed by atoms with Gasteiger partial charge in [-0.1, -0.05) is 12.1 Å². The fourth-order valence-corrected chi connectivity index (χ4v) is 1.75. The third-order valence-electron chi connectivity index (χ3n) is 2.85. The Kier molecular flexibility index (Phi) is 5.40. The Hall–Kier alpha value is -3.22. The molecule has 0 fully saturated rings. The molecule has 0 saturated carbocycles. The predicted octanol–water partition coefficient (Wildman–Crippen LogP) is 2.11. The number of nitrogens with zero attached hydrogens (tertiary/aromatic N) is 2. The lowest BCUT2D eigenvalue weighted by Gasteiger charge is -2.07. The number of methoxy groups -OCH3 is 1. The fraction of sp³-hybridized carbons (Fsp3) is 0.125. The van der Waals surface area contributed by atoms with Crippen molar-refractivity contribution in [2.45, 2.75) is 0 Å². The maximum Gasteiger partial charge on any atom is 0.337 e. The van der Waals surface area contributed by atoms with E-state index in [0.717, 1.165) is 0 Å².